The molecule has 2 rings (SSSR count). The maximum absolute atomic E-state index is 5.37. The molecule has 0 aliphatic rings. The number of terminal acetylenes is 1. The van der Waals surface area contributed by atoms with E-state index in [0.717, 1.165) is 19.7 Å². The van der Waals surface area contributed by atoms with E-state index in [-0.39, 0.29) is 0 Å². The van der Waals surface area contributed by atoms with Crippen LogP contribution in [0.4, 0.5) is 0 Å². The first-order valence-corrected chi connectivity index (χ1v) is 6.06. The molecule has 0 amide bonds. The van der Waals surface area contributed by atoms with E-state index in [0.29, 0.717) is 6.54 Å². The predicted octanol–water partition coefficient (Wildman–Crippen LogP) is 2.01. The third-order valence-electron chi connectivity index (χ3n) is 2.96. The number of rotatable bonds is 6. The van der Waals surface area contributed by atoms with Gasteiger partial charge in [0.25, 0.3) is 0 Å². The summed E-state index contributed by atoms with van der Waals surface area (Å²) in [4.78, 5) is 0. The van der Waals surface area contributed by atoms with E-state index in [1.54, 1.807) is 7.11 Å². The Morgan fingerprint density at radius 2 is 2.28 bits per heavy atom. The molecule has 0 fully saturated rings. The van der Waals surface area contributed by atoms with Gasteiger partial charge < -0.3 is 14.6 Å². The average Bonchev–Trinajstić information content (AvgIpc) is 2.79. The molecule has 0 aliphatic heterocycles. The van der Waals surface area contributed by atoms with Crippen LogP contribution in [0.5, 0.6) is 0 Å². The second kappa shape index (κ2) is 6.25. The van der Waals surface area contributed by atoms with Crippen LogP contribution in [0.25, 0.3) is 10.9 Å². The van der Waals surface area contributed by atoms with Crippen LogP contribution in [0.15, 0.2) is 30.5 Å². The Labute approximate surface area is 108 Å². The molecule has 0 atom stereocenters. The quantitative estimate of drug-likeness (QED) is 0.619. The molecule has 0 aliphatic carbocycles. The zero-order chi connectivity index (χ0) is 12.8. The molecule has 0 spiro atoms. The van der Waals surface area contributed by atoms with E-state index in [2.05, 4.69) is 40.1 Å². The molecule has 0 unspecified atom stereocenters. The summed E-state index contributed by atoms with van der Waals surface area (Å²) in [7, 11) is 1.71. The summed E-state index contributed by atoms with van der Waals surface area (Å²) < 4.78 is 7.11. The number of hydrogen-bond acceptors (Lipinski definition) is 2. The number of fused-ring (bicyclic) bond motifs is 1. The van der Waals surface area contributed by atoms with Gasteiger partial charge in [0.05, 0.1) is 13.2 Å². The van der Waals surface area contributed by atoms with Gasteiger partial charge in [-0.3, -0.25) is 0 Å². The van der Waals surface area contributed by atoms with Crippen molar-refractivity contribution in [3.05, 3.63) is 36.0 Å². The Morgan fingerprint density at radius 3 is 3.06 bits per heavy atom. The first-order chi connectivity index (χ1) is 8.86. The van der Waals surface area contributed by atoms with E-state index in [1.165, 1.54) is 16.5 Å². The largest absolute Gasteiger partial charge is 0.383 e. The highest BCUT2D eigenvalue weighted by molar-refractivity contribution is 5.83. The fourth-order valence-corrected chi connectivity index (χ4v) is 2.07. The minimum absolute atomic E-state index is 0.615. The molecule has 3 heteroatoms. The zero-order valence-electron chi connectivity index (χ0n) is 10.6. The van der Waals surface area contributed by atoms with Crippen LogP contribution < -0.4 is 5.32 Å². The standard InChI is InChI=1S/C15H18N2O/c1-3-9-17-10-7-14-13(5-4-6-15(14)17)12-16-8-11-18-2/h1,4-7,10,16H,8-9,11-12H2,2H3. The molecular weight excluding hydrogens is 224 g/mol. The van der Waals surface area contributed by atoms with Crippen molar-refractivity contribution in [3.63, 3.8) is 0 Å². The van der Waals surface area contributed by atoms with Crippen molar-refractivity contribution in [3.8, 4) is 12.3 Å². The lowest BCUT2D eigenvalue weighted by molar-refractivity contribution is 0.199. The molecule has 1 N–H and O–H groups in total. The molecule has 94 valence electrons. The van der Waals surface area contributed by atoms with Crippen molar-refractivity contribution in [2.75, 3.05) is 20.3 Å². The topological polar surface area (TPSA) is 26.2 Å². The Kier molecular flexibility index (Phi) is 4.40. The normalized spacial score (nSPS) is 10.7. The lowest BCUT2D eigenvalue weighted by Gasteiger charge is -2.07. The van der Waals surface area contributed by atoms with Gasteiger partial charge in [0, 0.05) is 37.3 Å². The summed E-state index contributed by atoms with van der Waals surface area (Å²) >= 11 is 0. The SMILES string of the molecule is C#CCn1ccc2c(CNCCOC)cccc21. The van der Waals surface area contributed by atoms with Gasteiger partial charge in [-0.1, -0.05) is 18.1 Å². The molecule has 1 heterocycles. The Balaban J connectivity index is 2.16. The molecule has 0 bridgehead atoms. The Morgan fingerprint density at radius 1 is 1.39 bits per heavy atom. The monoisotopic (exact) mass is 242 g/mol. The first-order valence-electron chi connectivity index (χ1n) is 6.06. The summed E-state index contributed by atoms with van der Waals surface area (Å²) in [6, 6.07) is 8.44. The van der Waals surface area contributed by atoms with Crippen molar-refractivity contribution < 1.29 is 4.74 Å². The number of aromatic nitrogens is 1. The van der Waals surface area contributed by atoms with Crippen LogP contribution in [0, 0.1) is 12.3 Å². The number of nitrogens with one attached hydrogen (secondary N) is 1. The first kappa shape index (κ1) is 12.7. The minimum atomic E-state index is 0.615. The van der Waals surface area contributed by atoms with Gasteiger partial charge >= 0.3 is 0 Å². The number of ether oxygens (including phenoxy) is 1. The van der Waals surface area contributed by atoms with Crippen molar-refractivity contribution in [2.45, 2.75) is 13.1 Å². The number of benzene rings is 1. The van der Waals surface area contributed by atoms with E-state index in [9.17, 15) is 0 Å². The van der Waals surface area contributed by atoms with Crippen molar-refractivity contribution in [2.24, 2.45) is 0 Å². The third-order valence-corrected chi connectivity index (χ3v) is 2.96. The van der Waals surface area contributed by atoms with E-state index in [1.807, 2.05) is 6.20 Å². The van der Waals surface area contributed by atoms with Crippen molar-refractivity contribution in [1.29, 1.82) is 0 Å². The summed E-state index contributed by atoms with van der Waals surface area (Å²) in [5.41, 5.74) is 2.48. The molecule has 0 radical (unpaired) electrons. The minimum Gasteiger partial charge on any atom is -0.383 e. The molecule has 3 nitrogen and oxygen atoms in total. The van der Waals surface area contributed by atoms with Gasteiger partial charge in [0.1, 0.15) is 0 Å². The van der Waals surface area contributed by atoms with E-state index >= 15 is 0 Å². The second-order valence-corrected chi connectivity index (χ2v) is 4.17. The summed E-state index contributed by atoms with van der Waals surface area (Å²) in [5.74, 6) is 2.67. The number of hydrogen-bond donors (Lipinski definition) is 1. The molecule has 0 saturated heterocycles. The molecule has 2 aromatic rings. The van der Waals surface area contributed by atoms with Gasteiger partial charge in [-0.2, -0.15) is 0 Å². The molecule has 18 heavy (non-hydrogen) atoms. The fourth-order valence-electron chi connectivity index (χ4n) is 2.07. The summed E-state index contributed by atoms with van der Waals surface area (Å²) in [6.07, 6.45) is 7.41. The fraction of sp³-hybridized carbons (Fsp3) is 0.333. The van der Waals surface area contributed by atoms with Gasteiger partial charge in [-0.25, -0.2) is 0 Å². The average molecular weight is 242 g/mol. The molecular formula is C15H18N2O. The highest BCUT2D eigenvalue weighted by atomic mass is 16.5. The highest BCUT2D eigenvalue weighted by Crippen LogP contribution is 2.20. The predicted molar refractivity (Wildman–Crippen MR) is 74.4 cm³/mol. The second-order valence-electron chi connectivity index (χ2n) is 4.17. The van der Waals surface area contributed by atoms with Crippen LogP contribution in [0.3, 0.4) is 0 Å². The molecule has 1 aromatic heterocycles. The third kappa shape index (κ3) is 2.73. The van der Waals surface area contributed by atoms with Crippen LogP contribution in [-0.2, 0) is 17.8 Å². The van der Waals surface area contributed by atoms with Crippen LogP contribution >= 0.6 is 0 Å². The Bertz CT molecular complexity index is 551. The van der Waals surface area contributed by atoms with Gasteiger partial charge in [0.15, 0.2) is 0 Å². The highest BCUT2D eigenvalue weighted by Gasteiger charge is 2.04. The molecule has 1 aromatic carbocycles. The Hall–Kier alpha value is -1.76. The van der Waals surface area contributed by atoms with Crippen molar-refractivity contribution in [1.82, 2.24) is 9.88 Å². The van der Waals surface area contributed by atoms with E-state index < -0.39 is 0 Å². The number of methoxy groups -OCH3 is 1. The summed E-state index contributed by atoms with van der Waals surface area (Å²) in [5, 5.41) is 4.62. The van der Waals surface area contributed by atoms with Gasteiger partial charge in [-0.15, -0.1) is 6.42 Å². The maximum Gasteiger partial charge on any atom is 0.0834 e. The van der Waals surface area contributed by atoms with E-state index in [4.69, 9.17) is 11.2 Å². The smallest absolute Gasteiger partial charge is 0.0834 e. The zero-order valence-corrected chi connectivity index (χ0v) is 10.6. The lowest BCUT2D eigenvalue weighted by atomic mass is 10.1. The lowest BCUT2D eigenvalue weighted by Crippen LogP contribution is -2.18. The number of nitrogens with zero attached hydrogens (tertiary/aromatic N) is 1. The van der Waals surface area contributed by atoms with Crippen LogP contribution in [0.2, 0.25) is 0 Å². The van der Waals surface area contributed by atoms with Gasteiger partial charge in [-0.05, 0) is 17.7 Å². The van der Waals surface area contributed by atoms with Crippen LogP contribution in [-0.4, -0.2) is 24.8 Å². The van der Waals surface area contributed by atoms with Gasteiger partial charge in [0.2, 0.25) is 0 Å². The molecule has 0 saturated carbocycles. The maximum atomic E-state index is 5.37. The van der Waals surface area contributed by atoms with Crippen LogP contribution in [0.1, 0.15) is 5.56 Å². The summed E-state index contributed by atoms with van der Waals surface area (Å²) in [6.45, 7) is 3.05. The van der Waals surface area contributed by atoms with Crippen molar-refractivity contribution >= 4 is 10.9 Å².